The standard InChI is InChI=1S/C14H23NS/c1-9-7-10(2)12(4)14(11(9)3)13(8-16)15(5)6/h7,13,16H,8H2,1-6H3. The summed E-state index contributed by atoms with van der Waals surface area (Å²) in [6, 6.07) is 2.68. The van der Waals surface area contributed by atoms with Crippen LogP contribution in [-0.4, -0.2) is 24.7 Å². The number of nitrogens with zero attached hydrogens (tertiary/aromatic N) is 1. The van der Waals surface area contributed by atoms with Crippen LogP contribution < -0.4 is 0 Å². The first kappa shape index (κ1) is 13.6. The minimum atomic E-state index is 0.405. The third-order valence-electron chi connectivity index (χ3n) is 3.55. The Kier molecular flexibility index (Phi) is 4.45. The third-order valence-corrected chi connectivity index (χ3v) is 3.90. The van der Waals surface area contributed by atoms with Crippen LogP contribution in [-0.2, 0) is 0 Å². The number of hydrogen-bond donors (Lipinski definition) is 1. The molecule has 1 aromatic rings. The molecule has 0 aliphatic carbocycles. The summed E-state index contributed by atoms with van der Waals surface area (Å²) in [5.74, 6) is 0.859. The Morgan fingerprint density at radius 2 is 1.50 bits per heavy atom. The van der Waals surface area contributed by atoms with Gasteiger partial charge in [-0.15, -0.1) is 0 Å². The van der Waals surface area contributed by atoms with Gasteiger partial charge < -0.3 is 4.90 Å². The van der Waals surface area contributed by atoms with Gasteiger partial charge in [0.1, 0.15) is 0 Å². The SMILES string of the molecule is Cc1cc(C)c(C)c(C(CS)N(C)C)c1C. The van der Waals surface area contributed by atoms with E-state index in [0.717, 1.165) is 5.75 Å². The Morgan fingerprint density at radius 3 is 1.81 bits per heavy atom. The largest absolute Gasteiger partial charge is 0.302 e. The summed E-state index contributed by atoms with van der Waals surface area (Å²) in [6.45, 7) is 8.82. The molecule has 16 heavy (non-hydrogen) atoms. The Bertz CT molecular complexity index is 357. The highest BCUT2D eigenvalue weighted by Gasteiger charge is 2.19. The van der Waals surface area contributed by atoms with Crippen molar-refractivity contribution in [3.63, 3.8) is 0 Å². The maximum absolute atomic E-state index is 4.49. The minimum absolute atomic E-state index is 0.405. The molecule has 0 bridgehead atoms. The van der Waals surface area contributed by atoms with E-state index in [1.807, 2.05) is 0 Å². The van der Waals surface area contributed by atoms with Gasteiger partial charge in [0, 0.05) is 11.8 Å². The van der Waals surface area contributed by atoms with Crippen LogP contribution in [0.2, 0.25) is 0 Å². The highest BCUT2D eigenvalue weighted by atomic mass is 32.1. The predicted octanol–water partition coefficient (Wildman–Crippen LogP) is 3.45. The summed E-state index contributed by atoms with van der Waals surface area (Å²) < 4.78 is 0. The Labute approximate surface area is 105 Å². The summed E-state index contributed by atoms with van der Waals surface area (Å²) in [5.41, 5.74) is 7.04. The summed E-state index contributed by atoms with van der Waals surface area (Å²) in [5, 5.41) is 0. The van der Waals surface area contributed by atoms with Crippen molar-refractivity contribution in [3.05, 3.63) is 33.9 Å². The number of hydrogen-bond acceptors (Lipinski definition) is 2. The Morgan fingerprint density at radius 1 is 1.06 bits per heavy atom. The molecule has 0 aromatic heterocycles. The Hall–Kier alpha value is -0.470. The van der Waals surface area contributed by atoms with E-state index < -0.39 is 0 Å². The molecule has 1 atom stereocenters. The van der Waals surface area contributed by atoms with Crippen LogP contribution in [0, 0.1) is 27.7 Å². The summed E-state index contributed by atoms with van der Waals surface area (Å²) in [6.07, 6.45) is 0. The summed E-state index contributed by atoms with van der Waals surface area (Å²) in [4.78, 5) is 2.25. The average Bonchev–Trinajstić information content (AvgIpc) is 2.21. The zero-order chi connectivity index (χ0) is 12.5. The van der Waals surface area contributed by atoms with Crippen LogP contribution in [0.25, 0.3) is 0 Å². The van der Waals surface area contributed by atoms with E-state index in [2.05, 4.69) is 65.4 Å². The van der Waals surface area contributed by atoms with Gasteiger partial charge in [0.15, 0.2) is 0 Å². The van der Waals surface area contributed by atoms with Crippen molar-refractivity contribution in [2.24, 2.45) is 0 Å². The normalized spacial score (nSPS) is 13.2. The van der Waals surface area contributed by atoms with Crippen LogP contribution in [0.1, 0.15) is 33.9 Å². The number of thiol groups is 1. The van der Waals surface area contributed by atoms with Crippen LogP contribution in [0.5, 0.6) is 0 Å². The zero-order valence-electron chi connectivity index (χ0n) is 11.3. The molecule has 90 valence electrons. The highest BCUT2D eigenvalue weighted by Crippen LogP contribution is 2.30. The predicted molar refractivity (Wildman–Crippen MR) is 75.7 cm³/mol. The van der Waals surface area contributed by atoms with Gasteiger partial charge in [-0.05, 0) is 69.6 Å². The van der Waals surface area contributed by atoms with Crippen molar-refractivity contribution < 1.29 is 0 Å². The van der Waals surface area contributed by atoms with E-state index in [1.165, 1.54) is 27.8 Å². The number of aryl methyl sites for hydroxylation is 2. The van der Waals surface area contributed by atoms with Crippen molar-refractivity contribution in [2.75, 3.05) is 19.8 Å². The number of benzene rings is 1. The van der Waals surface area contributed by atoms with Crippen LogP contribution in [0.3, 0.4) is 0 Å². The van der Waals surface area contributed by atoms with Crippen LogP contribution in [0.4, 0.5) is 0 Å². The second-order valence-corrected chi connectivity index (χ2v) is 5.20. The van der Waals surface area contributed by atoms with Crippen LogP contribution >= 0.6 is 12.6 Å². The quantitative estimate of drug-likeness (QED) is 0.788. The number of rotatable bonds is 3. The third kappa shape index (κ3) is 2.44. The van der Waals surface area contributed by atoms with Gasteiger partial charge in [-0.3, -0.25) is 0 Å². The second kappa shape index (κ2) is 5.24. The van der Waals surface area contributed by atoms with Gasteiger partial charge in [-0.25, -0.2) is 0 Å². The fourth-order valence-electron chi connectivity index (χ4n) is 2.26. The minimum Gasteiger partial charge on any atom is -0.302 e. The maximum Gasteiger partial charge on any atom is 0.0435 e. The smallest absolute Gasteiger partial charge is 0.0435 e. The topological polar surface area (TPSA) is 3.24 Å². The van der Waals surface area contributed by atoms with Crippen molar-refractivity contribution >= 4 is 12.6 Å². The lowest BCUT2D eigenvalue weighted by Crippen LogP contribution is -2.23. The van der Waals surface area contributed by atoms with Crippen molar-refractivity contribution in [2.45, 2.75) is 33.7 Å². The fraction of sp³-hybridized carbons (Fsp3) is 0.571. The van der Waals surface area contributed by atoms with E-state index in [0.29, 0.717) is 6.04 Å². The molecule has 1 rings (SSSR count). The molecule has 0 N–H and O–H groups in total. The maximum atomic E-state index is 4.49. The molecule has 0 saturated heterocycles. The molecule has 0 fully saturated rings. The molecule has 1 nitrogen and oxygen atoms in total. The zero-order valence-corrected chi connectivity index (χ0v) is 12.2. The lowest BCUT2D eigenvalue weighted by atomic mass is 9.90. The second-order valence-electron chi connectivity index (χ2n) is 4.84. The van der Waals surface area contributed by atoms with Gasteiger partial charge in [-0.2, -0.15) is 12.6 Å². The van der Waals surface area contributed by atoms with E-state index in [1.54, 1.807) is 0 Å². The van der Waals surface area contributed by atoms with E-state index in [-0.39, 0.29) is 0 Å². The molecule has 0 saturated carbocycles. The van der Waals surface area contributed by atoms with Crippen molar-refractivity contribution in [1.29, 1.82) is 0 Å². The first-order chi connectivity index (χ1) is 7.40. The Balaban J connectivity index is 3.41. The monoisotopic (exact) mass is 237 g/mol. The molecule has 0 aliphatic heterocycles. The van der Waals surface area contributed by atoms with E-state index in [9.17, 15) is 0 Å². The summed E-state index contributed by atoms with van der Waals surface area (Å²) >= 11 is 4.49. The fourth-order valence-corrected chi connectivity index (χ4v) is 2.77. The summed E-state index contributed by atoms with van der Waals surface area (Å²) in [7, 11) is 4.24. The van der Waals surface area contributed by atoms with Gasteiger partial charge >= 0.3 is 0 Å². The van der Waals surface area contributed by atoms with E-state index >= 15 is 0 Å². The van der Waals surface area contributed by atoms with E-state index in [4.69, 9.17) is 0 Å². The molecule has 0 aliphatic rings. The van der Waals surface area contributed by atoms with Crippen LogP contribution in [0.15, 0.2) is 6.07 Å². The molecule has 0 amide bonds. The molecule has 0 spiro atoms. The lowest BCUT2D eigenvalue weighted by molar-refractivity contribution is 0.324. The van der Waals surface area contributed by atoms with Crippen molar-refractivity contribution in [1.82, 2.24) is 4.90 Å². The average molecular weight is 237 g/mol. The van der Waals surface area contributed by atoms with Gasteiger partial charge in [-0.1, -0.05) is 6.07 Å². The highest BCUT2D eigenvalue weighted by molar-refractivity contribution is 7.80. The molecular weight excluding hydrogens is 214 g/mol. The van der Waals surface area contributed by atoms with Gasteiger partial charge in [0.2, 0.25) is 0 Å². The first-order valence-corrected chi connectivity index (χ1v) is 6.38. The molecule has 1 unspecified atom stereocenters. The first-order valence-electron chi connectivity index (χ1n) is 5.74. The van der Waals surface area contributed by atoms with Gasteiger partial charge in [0.05, 0.1) is 0 Å². The molecule has 2 heteroatoms. The van der Waals surface area contributed by atoms with Crippen molar-refractivity contribution in [3.8, 4) is 0 Å². The molecular formula is C14H23NS. The van der Waals surface area contributed by atoms with Gasteiger partial charge in [0.25, 0.3) is 0 Å². The molecule has 1 aromatic carbocycles. The molecule has 0 radical (unpaired) electrons. The molecule has 0 heterocycles. The lowest BCUT2D eigenvalue weighted by Gasteiger charge is -2.28.